The van der Waals surface area contributed by atoms with Crippen molar-refractivity contribution in [2.24, 2.45) is 4.99 Å². The predicted molar refractivity (Wildman–Crippen MR) is 123 cm³/mol. The Bertz CT molecular complexity index is 709. The van der Waals surface area contributed by atoms with Crippen LogP contribution in [0.15, 0.2) is 39.1 Å². The Kier molecular flexibility index (Phi) is 11.2. The third-order valence-corrected chi connectivity index (χ3v) is 5.12. The summed E-state index contributed by atoms with van der Waals surface area (Å²) in [6.07, 6.45) is 0. The molecule has 0 spiro atoms. The lowest BCUT2D eigenvalue weighted by Gasteiger charge is -2.15. The summed E-state index contributed by atoms with van der Waals surface area (Å²) in [4.78, 5) is 5.52. The quantitative estimate of drug-likeness (QED) is 0.221. The fraction of sp³-hybridized carbons (Fsp3) is 0.389. The van der Waals surface area contributed by atoms with Crippen molar-refractivity contribution >= 4 is 57.2 Å². The molecule has 0 bridgehead atoms. The highest BCUT2D eigenvalue weighted by Gasteiger charge is 2.06. The average Bonchev–Trinajstić information content (AvgIpc) is 3.02. The van der Waals surface area contributed by atoms with Crippen LogP contribution in [0.5, 0.6) is 5.75 Å². The minimum Gasteiger partial charge on any atom is -0.491 e. The Hall–Kier alpha value is -0.840. The molecular formula is C18H25BrIN3O2S. The lowest BCUT2D eigenvalue weighted by atomic mass is 10.1. The lowest BCUT2D eigenvalue weighted by molar-refractivity contribution is 0.145. The van der Waals surface area contributed by atoms with Crippen molar-refractivity contribution in [1.82, 2.24) is 10.6 Å². The number of benzene rings is 1. The van der Waals surface area contributed by atoms with E-state index in [2.05, 4.69) is 56.7 Å². The second-order valence-corrected chi connectivity index (χ2v) is 7.99. The van der Waals surface area contributed by atoms with E-state index in [1.165, 1.54) is 10.4 Å². The third kappa shape index (κ3) is 7.81. The van der Waals surface area contributed by atoms with Crippen LogP contribution in [0.3, 0.4) is 0 Å². The van der Waals surface area contributed by atoms with Gasteiger partial charge in [-0.05, 0) is 46.6 Å². The highest BCUT2D eigenvalue weighted by atomic mass is 127. The number of rotatable bonds is 8. The molecular weight excluding hydrogens is 529 g/mol. The number of aliphatic imine (C=N–C) groups is 1. The molecule has 0 aliphatic heterocycles. The SMILES string of the molecule is CN=C(NCc1ccc(Br)s1)NCc1ccc(C)cc1OCCOC.I. The van der Waals surface area contributed by atoms with E-state index in [0.717, 1.165) is 27.6 Å². The van der Waals surface area contributed by atoms with E-state index in [1.807, 2.05) is 12.1 Å². The molecule has 1 aromatic carbocycles. The number of hydrogen-bond donors (Lipinski definition) is 2. The van der Waals surface area contributed by atoms with Crippen molar-refractivity contribution in [3.8, 4) is 5.75 Å². The molecule has 0 unspecified atom stereocenters. The maximum absolute atomic E-state index is 5.83. The van der Waals surface area contributed by atoms with E-state index in [1.54, 1.807) is 25.5 Å². The smallest absolute Gasteiger partial charge is 0.191 e. The number of thiophene rings is 1. The normalized spacial score (nSPS) is 11.0. The maximum atomic E-state index is 5.83. The number of nitrogens with zero attached hydrogens (tertiary/aromatic N) is 1. The van der Waals surface area contributed by atoms with E-state index in [0.29, 0.717) is 19.8 Å². The number of methoxy groups -OCH3 is 1. The van der Waals surface area contributed by atoms with Crippen LogP contribution in [0.25, 0.3) is 0 Å². The monoisotopic (exact) mass is 553 g/mol. The summed E-state index contributed by atoms with van der Waals surface area (Å²) in [6.45, 7) is 4.53. The van der Waals surface area contributed by atoms with Gasteiger partial charge in [-0.25, -0.2) is 0 Å². The number of aryl methyl sites for hydroxylation is 1. The molecule has 144 valence electrons. The molecule has 0 saturated heterocycles. The van der Waals surface area contributed by atoms with Crippen LogP contribution in [-0.4, -0.2) is 33.3 Å². The molecule has 26 heavy (non-hydrogen) atoms. The number of halogens is 2. The van der Waals surface area contributed by atoms with Crippen LogP contribution in [-0.2, 0) is 17.8 Å². The van der Waals surface area contributed by atoms with Crippen molar-refractivity contribution in [1.29, 1.82) is 0 Å². The van der Waals surface area contributed by atoms with Crippen LogP contribution in [0, 0.1) is 6.92 Å². The van der Waals surface area contributed by atoms with E-state index in [4.69, 9.17) is 9.47 Å². The Morgan fingerprint density at radius 1 is 1.15 bits per heavy atom. The zero-order valence-electron chi connectivity index (χ0n) is 15.2. The van der Waals surface area contributed by atoms with Gasteiger partial charge in [0.1, 0.15) is 12.4 Å². The van der Waals surface area contributed by atoms with Gasteiger partial charge in [-0.15, -0.1) is 35.3 Å². The molecule has 0 fully saturated rings. The van der Waals surface area contributed by atoms with Crippen LogP contribution in [0.4, 0.5) is 0 Å². The molecule has 2 aromatic rings. The molecule has 2 N–H and O–H groups in total. The number of guanidine groups is 1. The second kappa shape index (κ2) is 12.5. The Balaban J connectivity index is 0.00000338. The summed E-state index contributed by atoms with van der Waals surface area (Å²) < 4.78 is 12.0. The van der Waals surface area contributed by atoms with Gasteiger partial charge in [0.2, 0.25) is 0 Å². The molecule has 1 aromatic heterocycles. The fourth-order valence-electron chi connectivity index (χ4n) is 2.19. The Morgan fingerprint density at radius 2 is 1.92 bits per heavy atom. The first-order valence-electron chi connectivity index (χ1n) is 8.02. The largest absolute Gasteiger partial charge is 0.491 e. The molecule has 8 heteroatoms. The van der Waals surface area contributed by atoms with Gasteiger partial charge in [0.15, 0.2) is 5.96 Å². The number of ether oxygens (including phenoxy) is 2. The summed E-state index contributed by atoms with van der Waals surface area (Å²) in [5.74, 6) is 1.63. The standard InChI is InChI=1S/C18H24BrN3O2S.HI/c1-13-4-5-14(16(10-13)24-9-8-23-3)11-21-18(20-2)22-12-15-6-7-17(19)25-15;/h4-7,10H,8-9,11-12H2,1-3H3,(H2,20,21,22);1H. The van der Waals surface area contributed by atoms with Gasteiger partial charge in [0.25, 0.3) is 0 Å². The topological polar surface area (TPSA) is 54.9 Å². The first-order valence-corrected chi connectivity index (χ1v) is 9.63. The van der Waals surface area contributed by atoms with Gasteiger partial charge < -0.3 is 20.1 Å². The minimum absolute atomic E-state index is 0. The van der Waals surface area contributed by atoms with E-state index in [-0.39, 0.29) is 24.0 Å². The predicted octanol–water partition coefficient (Wildman–Crippen LogP) is 4.33. The molecule has 2 rings (SSSR count). The molecule has 0 radical (unpaired) electrons. The van der Waals surface area contributed by atoms with Gasteiger partial charge in [0.05, 0.1) is 16.9 Å². The molecule has 0 aliphatic carbocycles. The minimum atomic E-state index is 0. The summed E-state index contributed by atoms with van der Waals surface area (Å²) in [5.41, 5.74) is 2.26. The third-order valence-electron chi connectivity index (χ3n) is 3.50. The van der Waals surface area contributed by atoms with Gasteiger partial charge >= 0.3 is 0 Å². The van der Waals surface area contributed by atoms with Crippen molar-refractivity contribution in [3.05, 3.63) is 50.1 Å². The van der Waals surface area contributed by atoms with E-state index < -0.39 is 0 Å². The van der Waals surface area contributed by atoms with Crippen LogP contribution in [0.1, 0.15) is 16.0 Å². The van der Waals surface area contributed by atoms with Crippen LogP contribution >= 0.6 is 51.2 Å². The first kappa shape index (κ1) is 23.2. The average molecular weight is 554 g/mol. The Labute approximate surface area is 184 Å². The van der Waals surface area contributed by atoms with E-state index in [9.17, 15) is 0 Å². The Morgan fingerprint density at radius 3 is 2.58 bits per heavy atom. The van der Waals surface area contributed by atoms with Gasteiger partial charge in [-0.1, -0.05) is 12.1 Å². The highest BCUT2D eigenvalue weighted by Crippen LogP contribution is 2.22. The number of nitrogens with one attached hydrogen (secondary N) is 2. The molecule has 0 amide bonds. The van der Waals surface area contributed by atoms with Crippen LogP contribution < -0.4 is 15.4 Å². The first-order chi connectivity index (χ1) is 12.1. The zero-order chi connectivity index (χ0) is 18.1. The summed E-state index contributed by atoms with van der Waals surface area (Å²) >= 11 is 5.19. The molecule has 0 atom stereocenters. The second-order valence-electron chi connectivity index (χ2n) is 5.44. The van der Waals surface area contributed by atoms with Gasteiger partial charge in [0, 0.05) is 31.1 Å². The number of hydrogen-bond acceptors (Lipinski definition) is 4. The summed E-state index contributed by atoms with van der Waals surface area (Å²) in [7, 11) is 3.44. The zero-order valence-corrected chi connectivity index (χ0v) is 19.9. The fourth-order valence-corrected chi connectivity index (χ4v) is 3.62. The lowest BCUT2D eigenvalue weighted by Crippen LogP contribution is -2.36. The molecule has 1 heterocycles. The van der Waals surface area contributed by atoms with Crippen molar-refractivity contribution in [2.45, 2.75) is 20.0 Å². The van der Waals surface area contributed by atoms with Gasteiger partial charge in [-0.3, -0.25) is 4.99 Å². The molecule has 0 aliphatic rings. The van der Waals surface area contributed by atoms with E-state index >= 15 is 0 Å². The molecule has 0 saturated carbocycles. The van der Waals surface area contributed by atoms with Crippen molar-refractivity contribution in [3.63, 3.8) is 0 Å². The van der Waals surface area contributed by atoms with Crippen LogP contribution in [0.2, 0.25) is 0 Å². The van der Waals surface area contributed by atoms with Gasteiger partial charge in [-0.2, -0.15) is 0 Å². The molecule has 5 nitrogen and oxygen atoms in total. The summed E-state index contributed by atoms with van der Waals surface area (Å²) in [5, 5.41) is 6.65. The highest BCUT2D eigenvalue weighted by molar-refractivity contribution is 14.0. The van der Waals surface area contributed by atoms with Crippen molar-refractivity contribution < 1.29 is 9.47 Å². The van der Waals surface area contributed by atoms with Crippen molar-refractivity contribution in [2.75, 3.05) is 27.4 Å². The maximum Gasteiger partial charge on any atom is 0.191 e. The summed E-state index contributed by atoms with van der Waals surface area (Å²) in [6, 6.07) is 10.4.